The van der Waals surface area contributed by atoms with Gasteiger partial charge in [-0.2, -0.15) is 0 Å². The first-order chi connectivity index (χ1) is 13.5. The summed E-state index contributed by atoms with van der Waals surface area (Å²) in [6, 6.07) is 12.9. The molecule has 0 spiro atoms. The van der Waals surface area contributed by atoms with Crippen molar-refractivity contribution in [1.82, 2.24) is 10.6 Å². The molecule has 0 unspecified atom stereocenters. The van der Waals surface area contributed by atoms with Crippen LogP contribution >= 0.6 is 0 Å². The molecule has 7 heteroatoms. The number of esters is 1. The summed E-state index contributed by atoms with van der Waals surface area (Å²) in [5.41, 5.74) is 2.17. The molecule has 0 bridgehead atoms. The van der Waals surface area contributed by atoms with Gasteiger partial charge in [-0.25, -0.2) is 9.59 Å². The number of rotatable bonds is 6. The summed E-state index contributed by atoms with van der Waals surface area (Å²) in [5.74, 6) is -0.271. The molecule has 0 fully saturated rings. The Morgan fingerprint density at radius 3 is 2.64 bits per heavy atom. The lowest BCUT2D eigenvalue weighted by Crippen LogP contribution is -2.45. The third-order valence-electron chi connectivity index (χ3n) is 4.32. The number of aromatic hydroxyl groups is 1. The van der Waals surface area contributed by atoms with E-state index in [0.717, 1.165) is 5.56 Å². The second-order valence-electron chi connectivity index (χ2n) is 6.29. The maximum atomic E-state index is 12.8. The van der Waals surface area contributed by atoms with Gasteiger partial charge in [0.25, 0.3) is 0 Å². The number of nitrogens with one attached hydrogen (secondary N) is 2. The first-order valence-electron chi connectivity index (χ1n) is 8.94. The smallest absolute Gasteiger partial charge is 0.338 e. The Morgan fingerprint density at radius 1 is 1.18 bits per heavy atom. The molecule has 1 aliphatic heterocycles. The number of amides is 2. The van der Waals surface area contributed by atoms with Gasteiger partial charge in [0.15, 0.2) is 11.5 Å². The van der Waals surface area contributed by atoms with E-state index in [1.165, 1.54) is 6.07 Å². The molecule has 0 aromatic heterocycles. The average Bonchev–Trinajstić information content (AvgIpc) is 2.68. The van der Waals surface area contributed by atoms with E-state index < -0.39 is 18.0 Å². The van der Waals surface area contributed by atoms with Crippen LogP contribution in [0.1, 0.15) is 31.0 Å². The number of allylic oxidation sites excluding steroid dienone is 1. The normalized spacial score (nSPS) is 16.2. The van der Waals surface area contributed by atoms with Crippen molar-refractivity contribution in [2.75, 3.05) is 6.61 Å². The van der Waals surface area contributed by atoms with Crippen LogP contribution in [0.15, 0.2) is 59.8 Å². The average molecular weight is 382 g/mol. The van der Waals surface area contributed by atoms with Crippen molar-refractivity contribution in [3.05, 3.63) is 70.9 Å². The van der Waals surface area contributed by atoms with Crippen LogP contribution in [0.4, 0.5) is 4.79 Å². The molecule has 0 radical (unpaired) electrons. The molecule has 7 nitrogen and oxygen atoms in total. The quantitative estimate of drug-likeness (QED) is 0.667. The fourth-order valence-corrected chi connectivity index (χ4v) is 3.00. The Morgan fingerprint density at radius 2 is 1.93 bits per heavy atom. The van der Waals surface area contributed by atoms with Gasteiger partial charge in [-0.3, -0.25) is 0 Å². The molecule has 28 heavy (non-hydrogen) atoms. The van der Waals surface area contributed by atoms with Gasteiger partial charge in [-0.1, -0.05) is 36.4 Å². The van der Waals surface area contributed by atoms with E-state index in [1.54, 1.807) is 26.0 Å². The lowest BCUT2D eigenvalue weighted by Gasteiger charge is -2.28. The zero-order valence-corrected chi connectivity index (χ0v) is 15.7. The minimum absolute atomic E-state index is 0.0141. The van der Waals surface area contributed by atoms with Crippen LogP contribution in [0.3, 0.4) is 0 Å². The summed E-state index contributed by atoms with van der Waals surface area (Å²) in [5, 5.41) is 15.3. The summed E-state index contributed by atoms with van der Waals surface area (Å²) < 4.78 is 10.9. The van der Waals surface area contributed by atoms with Gasteiger partial charge in [0.2, 0.25) is 0 Å². The number of phenolic OH excluding ortho intramolecular Hbond substituents is 1. The molecular formula is C21H22N2O5. The maximum Gasteiger partial charge on any atom is 0.338 e. The summed E-state index contributed by atoms with van der Waals surface area (Å²) in [4.78, 5) is 24.8. The van der Waals surface area contributed by atoms with Crippen LogP contribution in [-0.2, 0) is 16.1 Å². The number of benzene rings is 2. The Balaban J connectivity index is 1.88. The number of hydrogen-bond acceptors (Lipinski definition) is 5. The van der Waals surface area contributed by atoms with Crippen molar-refractivity contribution in [1.29, 1.82) is 0 Å². The highest BCUT2D eigenvalue weighted by Gasteiger charge is 2.32. The van der Waals surface area contributed by atoms with E-state index in [1.807, 2.05) is 30.3 Å². The molecule has 2 aromatic carbocycles. The third-order valence-corrected chi connectivity index (χ3v) is 4.32. The van der Waals surface area contributed by atoms with Gasteiger partial charge in [0.05, 0.1) is 18.2 Å². The van der Waals surface area contributed by atoms with Crippen molar-refractivity contribution in [3.8, 4) is 11.5 Å². The van der Waals surface area contributed by atoms with Crippen molar-refractivity contribution in [2.45, 2.75) is 26.5 Å². The monoisotopic (exact) mass is 382 g/mol. The Kier molecular flexibility index (Phi) is 5.84. The van der Waals surface area contributed by atoms with Gasteiger partial charge in [-0.15, -0.1) is 0 Å². The van der Waals surface area contributed by atoms with Crippen LogP contribution in [0.5, 0.6) is 11.5 Å². The highest BCUT2D eigenvalue weighted by Crippen LogP contribution is 2.34. The van der Waals surface area contributed by atoms with Gasteiger partial charge >= 0.3 is 12.0 Å². The Hall–Kier alpha value is -3.48. The van der Waals surface area contributed by atoms with Crippen LogP contribution in [-0.4, -0.2) is 23.7 Å². The fourth-order valence-electron chi connectivity index (χ4n) is 3.00. The molecule has 0 aliphatic carbocycles. The number of hydrogen-bond donors (Lipinski definition) is 3. The molecule has 0 saturated heterocycles. The number of carbonyl (C=O) groups is 2. The third kappa shape index (κ3) is 4.25. The number of urea groups is 1. The van der Waals surface area contributed by atoms with Crippen LogP contribution in [0, 0.1) is 0 Å². The number of carbonyl (C=O) groups excluding carboxylic acids is 2. The van der Waals surface area contributed by atoms with E-state index in [0.29, 0.717) is 23.4 Å². The van der Waals surface area contributed by atoms with E-state index in [-0.39, 0.29) is 18.1 Å². The molecule has 1 atom stereocenters. The zero-order valence-electron chi connectivity index (χ0n) is 15.7. The molecule has 3 N–H and O–H groups in total. The van der Waals surface area contributed by atoms with E-state index in [4.69, 9.17) is 9.47 Å². The van der Waals surface area contributed by atoms with E-state index in [2.05, 4.69) is 10.6 Å². The SMILES string of the molecule is CCOc1cc([C@@H]2NC(=O)NC(C)=C2C(=O)OCc2ccccc2)ccc1O. The van der Waals surface area contributed by atoms with Gasteiger partial charge in [0, 0.05) is 5.70 Å². The molecule has 146 valence electrons. The van der Waals surface area contributed by atoms with E-state index >= 15 is 0 Å². The summed E-state index contributed by atoms with van der Waals surface area (Å²) >= 11 is 0. The topological polar surface area (TPSA) is 96.9 Å². The lowest BCUT2D eigenvalue weighted by molar-refractivity contribution is -0.140. The molecule has 2 amide bonds. The minimum atomic E-state index is -0.725. The van der Waals surface area contributed by atoms with Crippen molar-refractivity contribution < 1.29 is 24.2 Å². The van der Waals surface area contributed by atoms with Crippen molar-refractivity contribution >= 4 is 12.0 Å². The summed E-state index contributed by atoms with van der Waals surface area (Å²) in [6.07, 6.45) is 0. The summed E-state index contributed by atoms with van der Waals surface area (Å²) in [7, 11) is 0. The largest absolute Gasteiger partial charge is 0.504 e. The predicted octanol–water partition coefficient (Wildman–Crippen LogP) is 3.16. The maximum absolute atomic E-state index is 12.8. The first-order valence-corrected chi connectivity index (χ1v) is 8.94. The number of ether oxygens (including phenoxy) is 2. The highest BCUT2D eigenvalue weighted by atomic mass is 16.5. The Labute approximate surface area is 163 Å². The second kappa shape index (κ2) is 8.47. The molecule has 1 aliphatic rings. The van der Waals surface area contributed by atoms with E-state index in [9.17, 15) is 14.7 Å². The highest BCUT2D eigenvalue weighted by molar-refractivity contribution is 5.95. The van der Waals surface area contributed by atoms with Gasteiger partial charge < -0.3 is 25.2 Å². The molecule has 2 aromatic rings. The van der Waals surface area contributed by atoms with Crippen LogP contribution < -0.4 is 15.4 Å². The Bertz CT molecular complexity index is 908. The van der Waals surface area contributed by atoms with Crippen LogP contribution in [0.2, 0.25) is 0 Å². The fraction of sp³-hybridized carbons (Fsp3) is 0.238. The van der Waals surface area contributed by atoms with Gasteiger partial charge in [-0.05, 0) is 37.1 Å². The van der Waals surface area contributed by atoms with Crippen molar-refractivity contribution in [2.24, 2.45) is 0 Å². The molecule has 0 saturated carbocycles. The zero-order chi connectivity index (χ0) is 20.1. The minimum Gasteiger partial charge on any atom is -0.504 e. The van der Waals surface area contributed by atoms with Crippen LogP contribution in [0.25, 0.3) is 0 Å². The molecular weight excluding hydrogens is 360 g/mol. The first kappa shape index (κ1) is 19.3. The number of phenols is 1. The predicted molar refractivity (Wildman–Crippen MR) is 103 cm³/mol. The van der Waals surface area contributed by atoms with Gasteiger partial charge in [0.1, 0.15) is 6.61 Å². The van der Waals surface area contributed by atoms with Crippen molar-refractivity contribution in [3.63, 3.8) is 0 Å². The standard InChI is InChI=1S/C21H22N2O5/c1-3-27-17-11-15(9-10-16(17)24)19-18(13(2)22-21(26)23-19)20(25)28-12-14-7-5-4-6-8-14/h4-11,19,24H,3,12H2,1-2H3,(H2,22,23,26)/t19-/m0/s1. The molecule has 3 rings (SSSR count). The lowest BCUT2D eigenvalue weighted by atomic mass is 9.95. The second-order valence-corrected chi connectivity index (χ2v) is 6.29. The molecule has 1 heterocycles. The summed E-state index contributed by atoms with van der Waals surface area (Å²) in [6.45, 7) is 3.94.